The Morgan fingerprint density at radius 2 is 2.14 bits per heavy atom. The topological polar surface area (TPSA) is 92.8 Å². The SMILES string of the molecule is CCOc1ccc(-c2nc(C)c(C(=O)Nc3nc4n(c3C#N)CCS4)s2)cc1. The Hall–Kier alpha value is -2.83. The molecule has 3 heterocycles. The van der Waals surface area contributed by atoms with Gasteiger partial charge in [-0.1, -0.05) is 11.8 Å². The highest BCUT2D eigenvalue weighted by molar-refractivity contribution is 7.99. The molecule has 0 saturated carbocycles. The van der Waals surface area contributed by atoms with E-state index in [1.165, 1.54) is 11.3 Å². The van der Waals surface area contributed by atoms with E-state index in [4.69, 9.17) is 4.74 Å². The minimum Gasteiger partial charge on any atom is -0.494 e. The fourth-order valence-corrected chi connectivity index (χ4v) is 4.85. The normalized spacial score (nSPS) is 12.5. The number of hydrogen-bond donors (Lipinski definition) is 1. The molecule has 0 aliphatic carbocycles. The van der Waals surface area contributed by atoms with E-state index in [2.05, 4.69) is 21.4 Å². The van der Waals surface area contributed by atoms with Crippen LogP contribution in [-0.2, 0) is 6.54 Å². The molecule has 7 nitrogen and oxygen atoms in total. The number of amides is 1. The number of hydrogen-bond acceptors (Lipinski definition) is 7. The lowest BCUT2D eigenvalue weighted by Gasteiger charge is -2.03. The van der Waals surface area contributed by atoms with Gasteiger partial charge in [-0.05, 0) is 38.1 Å². The average molecular weight is 412 g/mol. The van der Waals surface area contributed by atoms with Gasteiger partial charge < -0.3 is 14.6 Å². The van der Waals surface area contributed by atoms with Gasteiger partial charge in [0.25, 0.3) is 5.91 Å². The largest absolute Gasteiger partial charge is 0.494 e. The summed E-state index contributed by atoms with van der Waals surface area (Å²) in [5.41, 5.74) is 1.96. The Balaban J connectivity index is 1.57. The van der Waals surface area contributed by atoms with Gasteiger partial charge in [-0.2, -0.15) is 5.26 Å². The van der Waals surface area contributed by atoms with Gasteiger partial charge in [0.15, 0.2) is 16.7 Å². The van der Waals surface area contributed by atoms with E-state index in [9.17, 15) is 10.1 Å². The highest BCUT2D eigenvalue weighted by Gasteiger charge is 2.24. The Morgan fingerprint density at radius 1 is 1.36 bits per heavy atom. The number of aryl methyl sites for hydroxylation is 1. The number of rotatable bonds is 5. The number of fused-ring (bicyclic) bond motifs is 1. The zero-order chi connectivity index (χ0) is 19.7. The lowest BCUT2D eigenvalue weighted by atomic mass is 10.2. The van der Waals surface area contributed by atoms with Crippen molar-refractivity contribution in [3.8, 4) is 22.4 Å². The Bertz CT molecular complexity index is 1080. The molecule has 9 heteroatoms. The third-order valence-electron chi connectivity index (χ3n) is 4.23. The van der Waals surface area contributed by atoms with Gasteiger partial charge in [0, 0.05) is 17.9 Å². The molecule has 1 aromatic carbocycles. The molecule has 1 amide bonds. The van der Waals surface area contributed by atoms with Gasteiger partial charge in [-0.15, -0.1) is 11.3 Å². The molecule has 2 aromatic heterocycles. The van der Waals surface area contributed by atoms with Crippen LogP contribution in [-0.4, -0.2) is 32.8 Å². The summed E-state index contributed by atoms with van der Waals surface area (Å²) in [5, 5.41) is 13.7. The van der Waals surface area contributed by atoms with Crippen molar-refractivity contribution in [2.24, 2.45) is 0 Å². The number of nitrogens with one attached hydrogen (secondary N) is 1. The number of aromatic nitrogens is 3. The zero-order valence-corrected chi connectivity index (χ0v) is 17.0. The molecule has 1 N–H and O–H groups in total. The maximum atomic E-state index is 12.8. The Kier molecular flexibility index (Phi) is 5.07. The molecule has 1 aliphatic heterocycles. The van der Waals surface area contributed by atoms with Gasteiger partial charge in [-0.3, -0.25) is 4.79 Å². The Morgan fingerprint density at radius 3 is 2.86 bits per heavy atom. The Labute approximate surface area is 170 Å². The van der Waals surface area contributed by atoms with Gasteiger partial charge in [0.2, 0.25) is 0 Å². The third-order valence-corrected chi connectivity index (χ3v) is 6.39. The van der Waals surface area contributed by atoms with Crippen LogP contribution < -0.4 is 10.1 Å². The van der Waals surface area contributed by atoms with E-state index in [-0.39, 0.29) is 5.91 Å². The van der Waals surface area contributed by atoms with Gasteiger partial charge >= 0.3 is 0 Å². The van der Waals surface area contributed by atoms with Crippen molar-refractivity contribution in [3.05, 3.63) is 40.5 Å². The first-order valence-electron chi connectivity index (χ1n) is 8.76. The number of imidazole rings is 1. The van der Waals surface area contributed by atoms with E-state index in [0.29, 0.717) is 28.7 Å². The first-order chi connectivity index (χ1) is 13.6. The van der Waals surface area contributed by atoms with E-state index in [1.54, 1.807) is 18.7 Å². The molecule has 0 fully saturated rings. The molecule has 3 aromatic rings. The van der Waals surface area contributed by atoms with Crippen LogP contribution in [0, 0.1) is 18.3 Å². The molecule has 142 valence electrons. The second kappa shape index (κ2) is 7.66. The molecule has 0 saturated heterocycles. The highest BCUT2D eigenvalue weighted by atomic mass is 32.2. The summed E-state index contributed by atoms with van der Waals surface area (Å²) < 4.78 is 7.30. The summed E-state index contributed by atoms with van der Waals surface area (Å²) in [7, 11) is 0. The van der Waals surface area contributed by atoms with Crippen LogP contribution in [0.3, 0.4) is 0 Å². The molecule has 0 atom stereocenters. The monoisotopic (exact) mass is 411 g/mol. The molecule has 0 radical (unpaired) electrons. The number of ether oxygens (including phenoxy) is 1. The maximum Gasteiger partial charge on any atom is 0.268 e. The van der Waals surface area contributed by atoms with Crippen molar-refractivity contribution in [1.29, 1.82) is 5.26 Å². The molecule has 0 spiro atoms. The van der Waals surface area contributed by atoms with Crippen LogP contribution in [0.25, 0.3) is 10.6 Å². The number of carbonyl (C=O) groups is 1. The van der Waals surface area contributed by atoms with Crippen molar-refractivity contribution in [3.63, 3.8) is 0 Å². The minimum absolute atomic E-state index is 0.301. The molecule has 1 aliphatic rings. The molecular formula is C19H17N5O2S2. The van der Waals surface area contributed by atoms with Crippen molar-refractivity contribution >= 4 is 34.8 Å². The van der Waals surface area contributed by atoms with E-state index < -0.39 is 0 Å². The lowest BCUT2D eigenvalue weighted by Crippen LogP contribution is -2.13. The number of thioether (sulfide) groups is 1. The number of anilines is 1. The van der Waals surface area contributed by atoms with E-state index >= 15 is 0 Å². The number of thiazole rings is 1. The van der Waals surface area contributed by atoms with Crippen molar-refractivity contribution in [2.75, 3.05) is 17.7 Å². The molecule has 28 heavy (non-hydrogen) atoms. The summed E-state index contributed by atoms with van der Waals surface area (Å²) in [4.78, 5) is 22.2. The fraction of sp³-hybridized carbons (Fsp3) is 0.263. The molecular weight excluding hydrogens is 394 g/mol. The number of benzene rings is 1. The second-order valence-electron chi connectivity index (χ2n) is 6.05. The van der Waals surface area contributed by atoms with Crippen LogP contribution in [0.1, 0.15) is 28.0 Å². The molecule has 4 rings (SSSR count). The first-order valence-corrected chi connectivity index (χ1v) is 10.6. The summed E-state index contributed by atoms with van der Waals surface area (Å²) >= 11 is 2.90. The smallest absolute Gasteiger partial charge is 0.268 e. The number of carbonyl (C=O) groups excluding carboxylic acids is 1. The summed E-state index contributed by atoms with van der Waals surface area (Å²) in [6, 6.07) is 9.77. The summed E-state index contributed by atoms with van der Waals surface area (Å²) in [6.07, 6.45) is 0. The zero-order valence-electron chi connectivity index (χ0n) is 15.4. The van der Waals surface area contributed by atoms with Crippen molar-refractivity contribution < 1.29 is 9.53 Å². The maximum absolute atomic E-state index is 12.8. The number of nitriles is 1. The molecule has 0 bridgehead atoms. The van der Waals surface area contributed by atoms with Crippen LogP contribution in [0.5, 0.6) is 5.75 Å². The van der Waals surface area contributed by atoms with Gasteiger partial charge in [0.1, 0.15) is 21.7 Å². The standard InChI is InChI=1S/C19H17N5O2S2/c1-3-26-13-6-4-12(5-7-13)18-21-11(2)15(28-18)17(25)22-16-14(10-20)24-8-9-27-19(24)23-16/h4-7H,3,8-9H2,1-2H3,(H,22,25). The summed E-state index contributed by atoms with van der Waals surface area (Å²) in [5.74, 6) is 1.70. The lowest BCUT2D eigenvalue weighted by molar-refractivity contribution is 0.102. The quantitative estimate of drug-likeness (QED) is 0.683. The first kappa shape index (κ1) is 18.5. The van der Waals surface area contributed by atoms with Crippen molar-refractivity contribution in [1.82, 2.24) is 14.5 Å². The third kappa shape index (κ3) is 3.37. The highest BCUT2D eigenvalue weighted by Crippen LogP contribution is 2.32. The van der Waals surface area contributed by atoms with E-state index in [0.717, 1.165) is 33.8 Å². The fourth-order valence-electron chi connectivity index (χ4n) is 2.93. The average Bonchev–Trinajstić information content (AvgIpc) is 3.37. The van der Waals surface area contributed by atoms with Crippen LogP contribution in [0.4, 0.5) is 5.82 Å². The van der Waals surface area contributed by atoms with Crippen LogP contribution in [0.2, 0.25) is 0 Å². The number of nitrogens with zero attached hydrogens (tertiary/aromatic N) is 4. The van der Waals surface area contributed by atoms with Gasteiger partial charge in [-0.25, -0.2) is 9.97 Å². The molecule has 0 unspecified atom stereocenters. The predicted octanol–water partition coefficient (Wildman–Crippen LogP) is 3.94. The van der Waals surface area contributed by atoms with E-state index in [1.807, 2.05) is 35.8 Å². The second-order valence-corrected chi connectivity index (χ2v) is 8.11. The van der Waals surface area contributed by atoms with Gasteiger partial charge in [0.05, 0.1) is 12.3 Å². The summed E-state index contributed by atoms with van der Waals surface area (Å²) in [6.45, 7) is 5.08. The minimum atomic E-state index is -0.301. The predicted molar refractivity (Wildman–Crippen MR) is 109 cm³/mol. The van der Waals surface area contributed by atoms with Crippen molar-refractivity contribution in [2.45, 2.75) is 25.5 Å². The van der Waals surface area contributed by atoms with Crippen LogP contribution >= 0.6 is 23.1 Å². The van der Waals surface area contributed by atoms with Crippen LogP contribution in [0.15, 0.2) is 29.4 Å².